The van der Waals surface area contributed by atoms with E-state index in [0.29, 0.717) is 5.82 Å². The first kappa shape index (κ1) is 24.4. The number of rotatable bonds is 5. The minimum absolute atomic E-state index is 0. The number of fused-ring (bicyclic) bond motifs is 1. The van der Waals surface area contributed by atoms with Crippen LogP contribution in [0.2, 0.25) is 0 Å². The van der Waals surface area contributed by atoms with Crippen LogP contribution in [0.5, 0.6) is 0 Å². The van der Waals surface area contributed by atoms with Crippen LogP contribution < -0.4 is 10.6 Å². The van der Waals surface area contributed by atoms with E-state index >= 15 is 0 Å². The van der Waals surface area contributed by atoms with E-state index < -0.39 is 0 Å². The number of anilines is 2. The van der Waals surface area contributed by atoms with Gasteiger partial charge in [-0.3, -0.25) is 4.79 Å². The van der Waals surface area contributed by atoms with Crippen molar-refractivity contribution in [1.82, 2.24) is 9.97 Å². The topological polar surface area (TPSA) is 76.1 Å². The largest absolute Gasteiger partial charge is 0.501 e. The average molecular weight is 632 g/mol. The van der Waals surface area contributed by atoms with Crippen LogP contribution in [-0.4, -0.2) is 30.0 Å². The third kappa shape index (κ3) is 4.73. The van der Waals surface area contributed by atoms with Crippen LogP contribution >= 0.6 is 0 Å². The van der Waals surface area contributed by atoms with Gasteiger partial charge in [0.1, 0.15) is 11.6 Å². The number of nitrogens with one attached hydrogen (secondary N) is 2. The maximum absolute atomic E-state index is 12.0. The van der Waals surface area contributed by atoms with Crippen LogP contribution in [0.15, 0.2) is 35.2 Å². The molecule has 2 aromatic heterocycles. The summed E-state index contributed by atoms with van der Waals surface area (Å²) in [7, 11) is 3.61. The number of carbonyl (C=O) groups is 1. The molecule has 0 bridgehead atoms. The summed E-state index contributed by atoms with van der Waals surface area (Å²) in [5.41, 5.74) is 5.53. The third-order valence-electron chi connectivity index (χ3n) is 5.60. The van der Waals surface area contributed by atoms with Gasteiger partial charge in [0.2, 0.25) is 5.91 Å². The number of pyridine rings is 2. The molecule has 4 rings (SSSR count). The number of carbonyl (C=O) groups excluding carboxylic acids is 1. The second-order valence-corrected chi connectivity index (χ2v) is 7.57. The molecule has 0 spiro atoms. The van der Waals surface area contributed by atoms with Crippen molar-refractivity contribution in [3.8, 4) is 0 Å². The van der Waals surface area contributed by atoms with Gasteiger partial charge < -0.3 is 22.8 Å². The van der Waals surface area contributed by atoms with Crippen molar-refractivity contribution in [2.45, 2.75) is 39.5 Å². The predicted octanol–water partition coefficient (Wildman–Crippen LogP) is 4.96. The number of methoxy groups -OCH3 is 1. The second-order valence-electron chi connectivity index (χ2n) is 7.57. The molecule has 7 heteroatoms. The Labute approximate surface area is 202 Å². The van der Waals surface area contributed by atoms with Gasteiger partial charge in [-0.1, -0.05) is 5.57 Å². The SMILES string of the molecule is CNc1nc2cc(NC(=O)C3CC3)ncc2cc1C1=C(C)CCC(OC)=C1C.[CH3-].[U]. The first-order valence-electron chi connectivity index (χ1n) is 9.75. The second kappa shape index (κ2) is 9.98. The molecule has 1 saturated carbocycles. The molecule has 158 valence electrons. The van der Waals surface area contributed by atoms with Gasteiger partial charge in [-0.25, -0.2) is 9.97 Å². The predicted molar refractivity (Wildman–Crippen MR) is 118 cm³/mol. The molecule has 1 amide bonds. The van der Waals surface area contributed by atoms with Crippen LogP contribution in [0.25, 0.3) is 16.5 Å². The molecule has 0 aromatic carbocycles. The van der Waals surface area contributed by atoms with Crippen molar-refractivity contribution in [2.24, 2.45) is 5.92 Å². The van der Waals surface area contributed by atoms with E-state index in [0.717, 1.165) is 59.3 Å². The Morgan fingerprint density at radius 1 is 1.20 bits per heavy atom. The molecule has 6 nitrogen and oxygen atoms in total. The van der Waals surface area contributed by atoms with Gasteiger partial charge in [0.05, 0.1) is 18.4 Å². The van der Waals surface area contributed by atoms with Crippen molar-refractivity contribution >= 4 is 34.0 Å². The smallest absolute Gasteiger partial charge is 0.228 e. The Morgan fingerprint density at radius 3 is 2.57 bits per heavy atom. The van der Waals surface area contributed by atoms with E-state index in [9.17, 15) is 4.79 Å². The third-order valence-corrected chi connectivity index (χ3v) is 5.60. The molecule has 0 aliphatic heterocycles. The Hall–Kier alpha value is -1.84. The summed E-state index contributed by atoms with van der Waals surface area (Å²) in [4.78, 5) is 21.3. The summed E-state index contributed by atoms with van der Waals surface area (Å²) in [5, 5.41) is 7.07. The first-order valence-corrected chi connectivity index (χ1v) is 9.75. The Balaban J connectivity index is 0.00000160. The van der Waals surface area contributed by atoms with Crippen LogP contribution in [0.4, 0.5) is 11.6 Å². The fourth-order valence-electron chi connectivity index (χ4n) is 3.85. The standard InChI is InChI=1S/C22H26N4O2.CH3.U/c1-12-5-8-18(28-4)13(2)20(12)16-9-15-11-24-19(26-22(27)14-6-7-14)10-17(15)25-21(16)23-3;;/h9-11,14H,5-8H2,1-4H3,(H,23,25)(H,24,26,27);1H3;/q;-1;. The Kier molecular flexibility index (Phi) is 8.13. The zero-order valence-corrected chi connectivity index (χ0v) is 22.5. The van der Waals surface area contributed by atoms with Gasteiger partial charge in [-0.05, 0) is 50.3 Å². The van der Waals surface area contributed by atoms with Gasteiger partial charge in [-0.2, -0.15) is 0 Å². The van der Waals surface area contributed by atoms with Crippen molar-refractivity contribution in [3.63, 3.8) is 0 Å². The molecular formula is C23H29N4O2U-. The van der Waals surface area contributed by atoms with E-state index in [1.807, 2.05) is 13.1 Å². The molecule has 2 N–H and O–H groups in total. The van der Waals surface area contributed by atoms with Crippen LogP contribution in [-0.2, 0) is 9.53 Å². The monoisotopic (exact) mass is 631 g/mol. The van der Waals surface area contributed by atoms with Crippen LogP contribution in [0.1, 0.15) is 45.1 Å². The first-order chi connectivity index (χ1) is 13.5. The molecule has 0 saturated heterocycles. The molecule has 2 aliphatic carbocycles. The number of aromatic nitrogens is 2. The summed E-state index contributed by atoms with van der Waals surface area (Å²) in [6, 6.07) is 3.96. The molecule has 1 fully saturated rings. The number of hydrogen-bond acceptors (Lipinski definition) is 5. The molecule has 30 heavy (non-hydrogen) atoms. The van der Waals surface area contributed by atoms with E-state index in [2.05, 4.69) is 35.5 Å². The molecule has 0 radical (unpaired) electrons. The number of nitrogens with zero attached hydrogens (tertiary/aromatic N) is 2. The van der Waals surface area contributed by atoms with Gasteiger partial charge in [0, 0.05) is 73.7 Å². The summed E-state index contributed by atoms with van der Waals surface area (Å²) in [6.45, 7) is 4.28. The van der Waals surface area contributed by atoms with E-state index in [-0.39, 0.29) is 50.4 Å². The van der Waals surface area contributed by atoms with Crippen molar-refractivity contribution in [1.29, 1.82) is 0 Å². The molecular weight excluding hydrogens is 602 g/mol. The number of hydrogen-bond donors (Lipinski definition) is 2. The van der Waals surface area contributed by atoms with Crippen molar-refractivity contribution < 1.29 is 40.6 Å². The molecule has 2 aromatic rings. The fraction of sp³-hybridized carbons (Fsp3) is 0.391. The molecule has 0 unspecified atom stereocenters. The zero-order valence-electron chi connectivity index (χ0n) is 18.3. The molecule has 2 aliphatic rings. The minimum atomic E-state index is 0. The quantitative estimate of drug-likeness (QED) is 0.457. The van der Waals surface area contributed by atoms with E-state index in [1.165, 1.54) is 11.1 Å². The van der Waals surface area contributed by atoms with Gasteiger partial charge in [0.25, 0.3) is 0 Å². The van der Waals surface area contributed by atoms with Crippen LogP contribution in [0, 0.1) is 44.5 Å². The van der Waals surface area contributed by atoms with E-state index in [1.54, 1.807) is 13.3 Å². The zero-order chi connectivity index (χ0) is 19.8. The normalized spacial score (nSPS) is 16.0. The summed E-state index contributed by atoms with van der Waals surface area (Å²) in [6.07, 6.45) is 5.62. The average Bonchev–Trinajstić information content (AvgIpc) is 3.53. The summed E-state index contributed by atoms with van der Waals surface area (Å²) >= 11 is 0. The molecule has 2 heterocycles. The summed E-state index contributed by atoms with van der Waals surface area (Å²) in [5.74, 6) is 2.58. The van der Waals surface area contributed by atoms with E-state index in [4.69, 9.17) is 9.72 Å². The minimum Gasteiger partial charge on any atom is -0.501 e. The van der Waals surface area contributed by atoms with Gasteiger partial charge >= 0.3 is 0 Å². The summed E-state index contributed by atoms with van der Waals surface area (Å²) < 4.78 is 5.59. The number of amides is 1. The Bertz CT molecular complexity index is 1030. The fourth-order valence-corrected chi connectivity index (χ4v) is 3.85. The number of allylic oxidation sites excluding steroid dienone is 4. The van der Waals surface area contributed by atoms with Gasteiger partial charge in [0.15, 0.2) is 0 Å². The maximum Gasteiger partial charge on any atom is 0.228 e. The molecule has 0 atom stereocenters. The Morgan fingerprint density at radius 2 is 1.93 bits per heavy atom. The maximum atomic E-state index is 12.0. The van der Waals surface area contributed by atoms with Crippen LogP contribution in [0.3, 0.4) is 0 Å². The number of ether oxygens (including phenoxy) is 1. The van der Waals surface area contributed by atoms with Gasteiger partial charge in [-0.15, -0.1) is 0 Å². The van der Waals surface area contributed by atoms with Crippen molar-refractivity contribution in [3.05, 3.63) is 48.2 Å². The van der Waals surface area contributed by atoms with Crippen molar-refractivity contribution in [2.75, 3.05) is 24.8 Å².